The molecule has 0 saturated carbocycles. The van der Waals surface area contributed by atoms with E-state index in [4.69, 9.17) is 4.74 Å². The molecule has 0 atom stereocenters. The minimum atomic E-state index is -0.112. The molecule has 4 nitrogen and oxygen atoms in total. The molecule has 1 rings (SSSR count). The molecule has 4 heteroatoms. The lowest BCUT2D eigenvalue weighted by atomic mass is 10.3. The number of carbonyl (C=O) groups is 1. The Morgan fingerprint density at radius 1 is 1.60 bits per heavy atom. The number of carbonyl (C=O) groups excluding carboxylic acids is 1. The van der Waals surface area contributed by atoms with Crippen LogP contribution in [0.25, 0.3) is 0 Å². The summed E-state index contributed by atoms with van der Waals surface area (Å²) in [5.74, 6) is -0.112. The maximum absolute atomic E-state index is 11.0. The molecule has 0 saturated heterocycles. The largest absolute Gasteiger partial charge is 0.466 e. The van der Waals surface area contributed by atoms with Crippen LogP contribution in [0, 0.1) is 0 Å². The van der Waals surface area contributed by atoms with Crippen LogP contribution in [-0.4, -0.2) is 24.1 Å². The molecule has 0 amide bonds. The Bertz CT molecular complexity index is 270. The minimum absolute atomic E-state index is 0.112. The summed E-state index contributed by atoms with van der Waals surface area (Å²) in [4.78, 5) is 14.1. The molecule has 2 N–H and O–H groups in total. The van der Waals surface area contributed by atoms with Crippen molar-refractivity contribution in [2.24, 2.45) is 0 Å². The molecule has 1 aromatic rings. The van der Waals surface area contributed by atoms with Gasteiger partial charge in [0.05, 0.1) is 6.61 Å². The van der Waals surface area contributed by atoms with E-state index in [2.05, 4.69) is 10.3 Å². The van der Waals surface area contributed by atoms with E-state index in [9.17, 15) is 4.79 Å². The Hall–Kier alpha value is -1.29. The Labute approximate surface area is 90.0 Å². The zero-order valence-corrected chi connectivity index (χ0v) is 9.08. The average molecular weight is 210 g/mol. The van der Waals surface area contributed by atoms with Gasteiger partial charge in [-0.1, -0.05) is 0 Å². The summed E-state index contributed by atoms with van der Waals surface area (Å²) in [6.07, 6.45) is 3.21. The number of aromatic nitrogens is 1. The van der Waals surface area contributed by atoms with Crippen molar-refractivity contribution in [2.45, 2.75) is 26.3 Å². The molecule has 0 aliphatic rings. The van der Waals surface area contributed by atoms with Crippen LogP contribution >= 0.6 is 0 Å². The van der Waals surface area contributed by atoms with Crippen molar-refractivity contribution < 1.29 is 9.53 Å². The molecular formula is C11H18N2O2. The molecule has 0 spiro atoms. The van der Waals surface area contributed by atoms with Crippen LogP contribution in [0.1, 0.15) is 25.5 Å². The molecule has 0 bridgehead atoms. The van der Waals surface area contributed by atoms with Gasteiger partial charge in [0.25, 0.3) is 0 Å². The van der Waals surface area contributed by atoms with E-state index in [1.807, 2.05) is 25.3 Å². The fourth-order valence-corrected chi connectivity index (χ4v) is 1.29. The first-order valence-corrected chi connectivity index (χ1v) is 5.31. The molecule has 1 aromatic heterocycles. The van der Waals surface area contributed by atoms with Gasteiger partial charge < -0.3 is 15.0 Å². The van der Waals surface area contributed by atoms with Crippen LogP contribution in [0.3, 0.4) is 0 Å². The second kappa shape index (κ2) is 7.06. The van der Waals surface area contributed by atoms with Gasteiger partial charge >= 0.3 is 5.97 Å². The highest BCUT2D eigenvalue weighted by atomic mass is 16.5. The van der Waals surface area contributed by atoms with Crippen molar-refractivity contribution in [2.75, 3.05) is 13.2 Å². The molecule has 0 unspecified atom stereocenters. The fourth-order valence-electron chi connectivity index (χ4n) is 1.29. The van der Waals surface area contributed by atoms with Gasteiger partial charge in [-0.15, -0.1) is 0 Å². The Balaban J connectivity index is 1.95. The summed E-state index contributed by atoms with van der Waals surface area (Å²) < 4.78 is 4.82. The van der Waals surface area contributed by atoms with Gasteiger partial charge in [-0.2, -0.15) is 0 Å². The molecule has 0 aliphatic carbocycles. The van der Waals surface area contributed by atoms with Crippen molar-refractivity contribution in [1.82, 2.24) is 10.3 Å². The first-order chi connectivity index (χ1) is 7.33. The van der Waals surface area contributed by atoms with E-state index in [-0.39, 0.29) is 5.97 Å². The standard InChI is InChI=1S/C11H18N2O2/c1-2-15-11(14)6-4-7-12-9-10-5-3-8-13-10/h3,5,8,12-13H,2,4,6-7,9H2,1H3. The van der Waals surface area contributed by atoms with Crippen LogP contribution in [0.5, 0.6) is 0 Å². The van der Waals surface area contributed by atoms with Crippen LogP contribution in [0.15, 0.2) is 18.3 Å². The molecule has 1 heterocycles. The zero-order valence-electron chi connectivity index (χ0n) is 9.08. The summed E-state index contributed by atoms with van der Waals surface area (Å²) in [7, 11) is 0. The summed E-state index contributed by atoms with van der Waals surface area (Å²) >= 11 is 0. The van der Waals surface area contributed by atoms with E-state index < -0.39 is 0 Å². The molecule has 0 aliphatic heterocycles. The number of nitrogens with one attached hydrogen (secondary N) is 2. The van der Waals surface area contributed by atoms with Crippen LogP contribution < -0.4 is 5.32 Å². The summed E-state index contributed by atoms with van der Waals surface area (Å²) in [5, 5.41) is 3.25. The first kappa shape index (κ1) is 11.8. The van der Waals surface area contributed by atoms with Gasteiger partial charge in [-0.3, -0.25) is 4.79 Å². The topological polar surface area (TPSA) is 54.1 Å². The van der Waals surface area contributed by atoms with Gasteiger partial charge in [0.15, 0.2) is 0 Å². The quantitative estimate of drug-likeness (QED) is 0.529. The third-order valence-electron chi connectivity index (χ3n) is 2.02. The lowest BCUT2D eigenvalue weighted by Crippen LogP contribution is -2.16. The molecular weight excluding hydrogens is 192 g/mol. The monoisotopic (exact) mass is 210 g/mol. The van der Waals surface area contributed by atoms with Crippen LogP contribution in [0.2, 0.25) is 0 Å². The average Bonchev–Trinajstić information content (AvgIpc) is 2.70. The highest BCUT2D eigenvalue weighted by molar-refractivity contribution is 5.69. The number of hydrogen-bond acceptors (Lipinski definition) is 3. The van der Waals surface area contributed by atoms with Crippen molar-refractivity contribution in [3.63, 3.8) is 0 Å². The molecule has 0 fully saturated rings. The van der Waals surface area contributed by atoms with Crippen LogP contribution in [-0.2, 0) is 16.1 Å². The summed E-state index contributed by atoms with van der Waals surface area (Å²) in [6.45, 7) is 3.93. The summed E-state index contributed by atoms with van der Waals surface area (Å²) in [5.41, 5.74) is 1.16. The first-order valence-electron chi connectivity index (χ1n) is 5.31. The maximum Gasteiger partial charge on any atom is 0.305 e. The van der Waals surface area contributed by atoms with Gasteiger partial charge in [0.2, 0.25) is 0 Å². The summed E-state index contributed by atoms with van der Waals surface area (Å²) in [6, 6.07) is 3.99. The Morgan fingerprint density at radius 2 is 2.47 bits per heavy atom. The predicted octanol–water partition coefficient (Wildman–Crippen LogP) is 1.45. The highest BCUT2D eigenvalue weighted by Crippen LogP contribution is 1.94. The molecule has 15 heavy (non-hydrogen) atoms. The SMILES string of the molecule is CCOC(=O)CCCNCc1ccc[nH]1. The Kier molecular flexibility index (Phi) is 5.55. The van der Waals surface area contributed by atoms with Gasteiger partial charge in [0, 0.05) is 24.9 Å². The number of esters is 1. The molecule has 0 aromatic carbocycles. The lowest BCUT2D eigenvalue weighted by Gasteiger charge is -2.03. The lowest BCUT2D eigenvalue weighted by molar-refractivity contribution is -0.143. The normalized spacial score (nSPS) is 10.2. The molecule has 84 valence electrons. The van der Waals surface area contributed by atoms with E-state index in [1.54, 1.807) is 0 Å². The van der Waals surface area contributed by atoms with E-state index in [0.717, 1.165) is 25.2 Å². The number of H-pyrrole nitrogens is 1. The van der Waals surface area contributed by atoms with Crippen molar-refractivity contribution in [1.29, 1.82) is 0 Å². The van der Waals surface area contributed by atoms with Crippen LogP contribution in [0.4, 0.5) is 0 Å². The van der Waals surface area contributed by atoms with Crippen molar-refractivity contribution >= 4 is 5.97 Å². The van der Waals surface area contributed by atoms with Crippen molar-refractivity contribution in [3.8, 4) is 0 Å². The smallest absolute Gasteiger partial charge is 0.305 e. The number of aromatic amines is 1. The van der Waals surface area contributed by atoms with E-state index in [1.165, 1.54) is 0 Å². The fraction of sp³-hybridized carbons (Fsp3) is 0.545. The van der Waals surface area contributed by atoms with E-state index in [0.29, 0.717) is 13.0 Å². The van der Waals surface area contributed by atoms with E-state index >= 15 is 0 Å². The zero-order chi connectivity index (χ0) is 10.9. The maximum atomic E-state index is 11.0. The third-order valence-corrected chi connectivity index (χ3v) is 2.02. The second-order valence-corrected chi connectivity index (χ2v) is 3.28. The molecule has 0 radical (unpaired) electrons. The van der Waals surface area contributed by atoms with Gasteiger partial charge in [-0.25, -0.2) is 0 Å². The third kappa shape index (κ3) is 5.22. The Morgan fingerprint density at radius 3 is 3.13 bits per heavy atom. The minimum Gasteiger partial charge on any atom is -0.466 e. The number of hydrogen-bond donors (Lipinski definition) is 2. The van der Waals surface area contributed by atoms with Gasteiger partial charge in [0.1, 0.15) is 0 Å². The van der Waals surface area contributed by atoms with Crippen molar-refractivity contribution in [3.05, 3.63) is 24.0 Å². The highest BCUT2D eigenvalue weighted by Gasteiger charge is 2.00. The van der Waals surface area contributed by atoms with Gasteiger partial charge in [-0.05, 0) is 32.0 Å². The number of rotatable bonds is 7. The number of ether oxygens (including phenoxy) is 1. The second-order valence-electron chi connectivity index (χ2n) is 3.28. The predicted molar refractivity (Wildman–Crippen MR) is 58.4 cm³/mol.